The molecule has 216 valence electrons. The summed E-state index contributed by atoms with van der Waals surface area (Å²) in [5.41, 5.74) is 2.27. The smallest absolute Gasteiger partial charge is 0.405 e. The van der Waals surface area contributed by atoms with Crippen LogP contribution < -0.4 is 10.1 Å². The predicted octanol–water partition coefficient (Wildman–Crippen LogP) is 6.25. The maximum Gasteiger partial charge on any atom is 0.405 e. The minimum atomic E-state index is -4.85. The summed E-state index contributed by atoms with van der Waals surface area (Å²) in [5, 5.41) is 3.24. The van der Waals surface area contributed by atoms with Crippen molar-refractivity contribution in [2.45, 2.75) is 43.4 Å². The Morgan fingerprint density at radius 2 is 1.32 bits per heavy atom. The van der Waals surface area contributed by atoms with Crippen molar-refractivity contribution >= 4 is 0 Å². The lowest BCUT2D eigenvalue weighted by molar-refractivity contribution is -0.256. The van der Waals surface area contributed by atoms with E-state index in [9.17, 15) is 26.3 Å². The van der Waals surface area contributed by atoms with Gasteiger partial charge in [-0.3, -0.25) is 9.80 Å². The Balaban J connectivity index is 1.59. The number of benzene rings is 3. The van der Waals surface area contributed by atoms with Gasteiger partial charge in [0.05, 0.1) is 7.11 Å². The molecule has 1 fully saturated rings. The number of alkyl halides is 6. The lowest BCUT2D eigenvalue weighted by Crippen LogP contribution is -2.68. The van der Waals surface area contributed by atoms with Crippen LogP contribution in [0.15, 0.2) is 84.9 Å². The Kier molecular flexibility index (Phi) is 9.76. The molecule has 3 aromatic carbocycles. The maximum atomic E-state index is 14.4. The highest BCUT2D eigenvalue weighted by molar-refractivity contribution is 5.27. The Morgan fingerprint density at radius 1 is 0.775 bits per heavy atom. The molecule has 0 radical (unpaired) electrons. The van der Waals surface area contributed by atoms with Crippen LogP contribution in [0.4, 0.5) is 26.3 Å². The van der Waals surface area contributed by atoms with Crippen LogP contribution >= 0.6 is 0 Å². The molecule has 1 heterocycles. The van der Waals surface area contributed by atoms with Crippen molar-refractivity contribution in [3.8, 4) is 5.75 Å². The number of piperazine rings is 1. The molecule has 40 heavy (non-hydrogen) atoms. The largest absolute Gasteiger partial charge is 0.497 e. The molecule has 0 aromatic heterocycles. The first-order valence-corrected chi connectivity index (χ1v) is 13.1. The monoisotopic (exact) mass is 565 g/mol. The first-order chi connectivity index (χ1) is 19.1. The summed E-state index contributed by atoms with van der Waals surface area (Å²) in [6.45, 7) is -0.870. The van der Waals surface area contributed by atoms with Crippen molar-refractivity contribution in [3.63, 3.8) is 0 Å². The van der Waals surface area contributed by atoms with Crippen LogP contribution in [-0.4, -0.2) is 67.5 Å². The Hall–Kier alpha value is -3.08. The highest BCUT2D eigenvalue weighted by Gasteiger charge is 2.56. The molecule has 4 nitrogen and oxygen atoms in total. The number of methoxy groups -OCH3 is 1. The standard InChI is InChI=1S/C30H33F6N3O/c1-40-25-14-12-22(13-15-25)16-17-39-27(29(31,32)33)20-38(21-28(39)30(34,35)36)26(24-10-6-3-7-11-24)19-37-18-23-8-4-2-5-9-23/h2-15,26-28,37H,16-21H2,1H3. The van der Waals surface area contributed by atoms with E-state index in [1.165, 1.54) is 12.0 Å². The van der Waals surface area contributed by atoms with Crippen molar-refractivity contribution in [1.29, 1.82) is 0 Å². The first-order valence-electron chi connectivity index (χ1n) is 13.1. The molecule has 0 amide bonds. The fraction of sp³-hybridized carbons (Fsp3) is 0.400. The second kappa shape index (κ2) is 13.1. The first kappa shape index (κ1) is 29.9. The van der Waals surface area contributed by atoms with E-state index in [0.717, 1.165) is 5.56 Å². The number of ether oxygens (including phenoxy) is 1. The van der Waals surface area contributed by atoms with Crippen molar-refractivity contribution < 1.29 is 31.1 Å². The number of halogens is 6. The number of hydrogen-bond acceptors (Lipinski definition) is 4. The molecule has 10 heteroatoms. The van der Waals surface area contributed by atoms with Gasteiger partial charge in [-0.15, -0.1) is 0 Å². The molecule has 3 unspecified atom stereocenters. The zero-order chi connectivity index (χ0) is 28.8. The van der Waals surface area contributed by atoms with Crippen LogP contribution in [0.2, 0.25) is 0 Å². The predicted molar refractivity (Wildman–Crippen MR) is 142 cm³/mol. The van der Waals surface area contributed by atoms with Crippen LogP contribution in [0.1, 0.15) is 22.7 Å². The average Bonchev–Trinajstić information content (AvgIpc) is 2.94. The lowest BCUT2D eigenvalue weighted by Gasteiger charge is -2.49. The molecule has 4 rings (SSSR count). The van der Waals surface area contributed by atoms with Gasteiger partial charge in [-0.05, 0) is 35.2 Å². The average molecular weight is 566 g/mol. The van der Waals surface area contributed by atoms with E-state index >= 15 is 0 Å². The van der Waals surface area contributed by atoms with Crippen molar-refractivity contribution in [1.82, 2.24) is 15.1 Å². The molecule has 0 bridgehead atoms. The molecule has 1 aliphatic rings. The maximum absolute atomic E-state index is 14.4. The normalized spacial score (nSPS) is 19.9. The van der Waals surface area contributed by atoms with Crippen molar-refractivity contribution in [3.05, 3.63) is 102 Å². The van der Waals surface area contributed by atoms with Crippen molar-refractivity contribution in [2.75, 3.05) is 33.3 Å². The number of nitrogens with one attached hydrogen (secondary N) is 1. The van der Waals surface area contributed by atoms with Crippen LogP contribution in [0.3, 0.4) is 0 Å². The van der Waals surface area contributed by atoms with Crippen LogP contribution in [0.25, 0.3) is 0 Å². The van der Waals surface area contributed by atoms with Crippen molar-refractivity contribution in [2.24, 2.45) is 0 Å². The Bertz CT molecular complexity index is 1150. The van der Waals surface area contributed by atoms with Gasteiger partial charge < -0.3 is 10.1 Å². The molecule has 0 saturated carbocycles. The zero-order valence-electron chi connectivity index (χ0n) is 22.1. The second-order valence-corrected chi connectivity index (χ2v) is 9.95. The molecule has 3 atom stereocenters. The molecule has 0 aliphatic carbocycles. The summed E-state index contributed by atoms with van der Waals surface area (Å²) in [5.74, 6) is 0.562. The lowest BCUT2D eigenvalue weighted by atomic mass is 9.97. The number of hydrogen-bond donors (Lipinski definition) is 1. The van der Waals surface area contributed by atoms with E-state index in [4.69, 9.17) is 4.74 Å². The summed E-state index contributed by atoms with van der Waals surface area (Å²) in [7, 11) is 1.48. The number of rotatable bonds is 10. The molecule has 0 spiro atoms. The van der Waals surface area contributed by atoms with Gasteiger partial charge in [0.15, 0.2) is 0 Å². The molecular weight excluding hydrogens is 532 g/mol. The van der Waals surface area contributed by atoms with Gasteiger partial charge >= 0.3 is 12.4 Å². The quantitative estimate of drug-likeness (QED) is 0.294. The van der Waals surface area contributed by atoms with Gasteiger partial charge in [-0.25, -0.2) is 0 Å². The number of nitrogens with zero attached hydrogens (tertiary/aromatic N) is 2. The van der Waals surface area contributed by atoms with Gasteiger partial charge in [0.2, 0.25) is 0 Å². The minimum absolute atomic E-state index is 0.0455. The second-order valence-electron chi connectivity index (χ2n) is 9.95. The van der Waals surface area contributed by atoms with E-state index in [1.54, 1.807) is 54.6 Å². The van der Waals surface area contributed by atoms with Crippen LogP contribution in [-0.2, 0) is 13.0 Å². The van der Waals surface area contributed by atoms with Gasteiger partial charge in [-0.2, -0.15) is 26.3 Å². The third-order valence-corrected chi connectivity index (χ3v) is 7.32. The Labute approximate surface area is 230 Å². The third kappa shape index (κ3) is 7.77. The van der Waals surface area contributed by atoms with E-state index in [1.807, 2.05) is 30.3 Å². The van der Waals surface area contributed by atoms with Gasteiger partial charge in [0, 0.05) is 38.8 Å². The summed E-state index contributed by atoms with van der Waals surface area (Å²) < 4.78 is 91.6. The van der Waals surface area contributed by atoms with Crippen LogP contribution in [0.5, 0.6) is 5.75 Å². The topological polar surface area (TPSA) is 27.7 Å². The van der Waals surface area contributed by atoms with E-state index in [-0.39, 0.29) is 19.5 Å². The Morgan fingerprint density at radius 3 is 1.85 bits per heavy atom. The van der Waals surface area contributed by atoms with Gasteiger partial charge in [0.1, 0.15) is 17.8 Å². The van der Waals surface area contributed by atoms with Gasteiger partial charge in [0.25, 0.3) is 0 Å². The fourth-order valence-electron chi connectivity index (χ4n) is 5.23. The third-order valence-electron chi connectivity index (χ3n) is 7.32. The summed E-state index contributed by atoms with van der Waals surface area (Å²) in [6, 6.07) is 19.6. The minimum Gasteiger partial charge on any atom is -0.497 e. The van der Waals surface area contributed by atoms with E-state index < -0.39 is 43.6 Å². The summed E-state index contributed by atoms with van der Waals surface area (Å²) >= 11 is 0. The molecule has 1 aliphatic heterocycles. The van der Waals surface area contributed by atoms with Gasteiger partial charge in [-0.1, -0.05) is 72.8 Å². The van der Waals surface area contributed by atoms with E-state index in [0.29, 0.717) is 28.3 Å². The van der Waals surface area contributed by atoms with Crippen LogP contribution in [0, 0.1) is 0 Å². The molecule has 1 N–H and O–H groups in total. The summed E-state index contributed by atoms with van der Waals surface area (Å²) in [4.78, 5) is 1.94. The zero-order valence-corrected chi connectivity index (χ0v) is 22.1. The molecule has 1 saturated heterocycles. The van der Waals surface area contributed by atoms with E-state index in [2.05, 4.69) is 5.32 Å². The highest BCUT2D eigenvalue weighted by Crippen LogP contribution is 2.39. The fourth-order valence-corrected chi connectivity index (χ4v) is 5.23. The molecule has 3 aromatic rings. The summed E-state index contributed by atoms with van der Waals surface area (Å²) in [6.07, 6.45) is -9.65. The highest BCUT2D eigenvalue weighted by atomic mass is 19.4. The SMILES string of the molecule is COc1ccc(CCN2C(C(F)(F)F)CN(C(CNCc3ccccc3)c3ccccc3)CC2C(F)(F)F)cc1. The molecular formula is C30H33F6N3O.